The molecule has 0 atom stereocenters. The second-order valence-corrected chi connectivity index (χ2v) is 4.80. The summed E-state index contributed by atoms with van der Waals surface area (Å²) < 4.78 is 0. The van der Waals surface area contributed by atoms with E-state index in [1.807, 2.05) is 0 Å². The lowest BCUT2D eigenvalue weighted by atomic mass is 10.1. The number of rotatable bonds is 6. The van der Waals surface area contributed by atoms with Gasteiger partial charge in [-0.15, -0.1) is 9.81 Å². The van der Waals surface area contributed by atoms with Crippen LogP contribution in [0.4, 0.5) is 0 Å². The van der Waals surface area contributed by atoms with E-state index in [0.29, 0.717) is 0 Å². The Bertz CT molecular complexity index is 510. The van der Waals surface area contributed by atoms with Gasteiger partial charge in [0.1, 0.15) is 19.7 Å². The summed E-state index contributed by atoms with van der Waals surface area (Å²) in [6.45, 7) is -5.75. The van der Waals surface area contributed by atoms with Crippen molar-refractivity contribution >= 4 is 0 Å². The number of hydrogen-bond donors (Lipinski definition) is 0. The Balaban J connectivity index is 3.50. The summed E-state index contributed by atoms with van der Waals surface area (Å²) in [6, 6.07) is 0. The zero-order valence-corrected chi connectivity index (χ0v) is 11.5. The van der Waals surface area contributed by atoms with Crippen LogP contribution in [0.1, 0.15) is 0 Å². The van der Waals surface area contributed by atoms with Crippen LogP contribution < -0.4 is 0 Å². The SMILES string of the molecule is O=NN1CC([N+](=O)[O-])([N+](=O)[O-])CN(N=O)CC([N+](=O)[O-])([N+](=O)[O-])C1. The van der Waals surface area contributed by atoms with E-state index in [0.717, 1.165) is 0 Å². The average Bonchev–Trinajstić information content (AvgIpc) is 2.46. The Kier molecular flexibility index (Phi) is 4.81. The molecule has 0 saturated carbocycles. The van der Waals surface area contributed by atoms with E-state index in [4.69, 9.17) is 0 Å². The van der Waals surface area contributed by atoms with E-state index in [1.54, 1.807) is 0 Å². The van der Waals surface area contributed by atoms with Crippen molar-refractivity contribution in [2.24, 2.45) is 10.6 Å². The average molecular weight is 352 g/mol. The predicted octanol–water partition coefficient (Wildman–Crippen LogP) is -1.53. The Hall–Kier alpha value is -3.60. The molecule has 18 nitrogen and oxygen atoms in total. The van der Waals surface area contributed by atoms with Gasteiger partial charge in [-0.25, -0.2) is 10.0 Å². The minimum Gasteiger partial charge on any atom is -0.258 e. The van der Waals surface area contributed by atoms with E-state index >= 15 is 0 Å². The Morgan fingerprint density at radius 3 is 0.958 bits per heavy atom. The van der Waals surface area contributed by atoms with Crippen LogP contribution in [0.5, 0.6) is 0 Å². The molecular weight excluding hydrogens is 344 g/mol. The van der Waals surface area contributed by atoms with Gasteiger partial charge in [0.25, 0.3) is 0 Å². The van der Waals surface area contributed by atoms with Crippen molar-refractivity contribution in [3.63, 3.8) is 0 Å². The van der Waals surface area contributed by atoms with E-state index in [9.17, 15) is 50.3 Å². The van der Waals surface area contributed by atoms with Crippen LogP contribution in [0.25, 0.3) is 0 Å². The van der Waals surface area contributed by atoms with Gasteiger partial charge >= 0.3 is 11.3 Å². The third-order valence-electron chi connectivity index (χ3n) is 3.33. The highest BCUT2D eigenvalue weighted by atomic mass is 16.7. The molecule has 1 heterocycles. The summed E-state index contributed by atoms with van der Waals surface area (Å²) in [4.78, 5) is 60.1. The summed E-state index contributed by atoms with van der Waals surface area (Å²) in [5.74, 6) is 0. The standard InChI is InChI=1S/C6H8N8O10/c15-7-9-1-5(11(17)18,12(19)20)2-10(8-16)4-6(3-9,13(21)22)14(23)24/h1-4H2. The number of nitro groups is 4. The van der Waals surface area contributed by atoms with Crippen LogP contribution in [0.2, 0.25) is 0 Å². The predicted molar refractivity (Wildman–Crippen MR) is 68.2 cm³/mol. The molecule has 1 aliphatic rings. The molecule has 0 unspecified atom stereocenters. The maximum atomic E-state index is 11.1. The molecule has 18 heteroatoms. The molecule has 0 aromatic heterocycles. The minimum atomic E-state index is -3.19. The Morgan fingerprint density at radius 1 is 0.625 bits per heavy atom. The van der Waals surface area contributed by atoms with Crippen molar-refractivity contribution in [2.75, 3.05) is 26.2 Å². The molecular formula is C6H8N8O10. The zero-order valence-electron chi connectivity index (χ0n) is 11.5. The van der Waals surface area contributed by atoms with Gasteiger partial charge in [-0.3, -0.25) is 40.5 Å². The first-order chi connectivity index (χ1) is 11.1. The van der Waals surface area contributed by atoms with Crippen molar-refractivity contribution in [3.05, 3.63) is 50.3 Å². The molecule has 0 amide bonds. The highest BCUT2D eigenvalue weighted by Crippen LogP contribution is 2.25. The van der Waals surface area contributed by atoms with Crippen molar-refractivity contribution in [1.29, 1.82) is 0 Å². The quantitative estimate of drug-likeness (QED) is 0.229. The van der Waals surface area contributed by atoms with E-state index < -0.39 is 57.2 Å². The van der Waals surface area contributed by atoms with Gasteiger partial charge < -0.3 is 0 Å². The fourth-order valence-corrected chi connectivity index (χ4v) is 2.09. The van der Waals surface area contributed by atoms with Gasteiger partial charge in [0, 0.05) is 0 Å². The molecule has 1 aliphatic heterocycles. The largest absolute Gasteiger partial charge is 0.495 e. The number of nitrogens with zero attached hydrogens (tertiary/aromatic N) is 8. The highest BCUT2D eigenvalue weighted by Gasteiger charge is 2.68. The van der Waals surface area contributed by atoms with Crippen LogP contribution in [-0.4, -0.2) is 67.2 Å². The van der Waals surface area contributed by atoms with Crippen molar-refractivity contribution < 1.29 is 19.7 Å². The summed E-state index contributed by atoms with van der Waals surface area (Å²) in [5, 5.41) is 48.6. The zero-order chi connectivity index (χ0) is 18.7. The monoisotopic (exact) mass is 352 g/mol. The first-order valence-electron chi connectivity index (χ1n) is 5.80. The van der Waals surface area contributed by atoms with E-state index in [1.165, 1.54) is 0 Å². The fraction of sp³-hybridized carbons (Fsp3) is 1.00. The first kappa shape index (κ1) is 18.4. The second kappa shape index (κ2) is 6.26. The molecule has 0 N–H and O–H groups in total. The molecule has 1 saturated heterocycles. The number of hydrogen-bond acceptors (Lipinski definition) is 12. The van der Waals surface area contributed by atoms with Crippen molar-refractivity contribution in [3.8, 4) is 0 Å². The molecule has 1 fully saturated rings. The van der Waals surface area contributed by atoms with Crippen LogP contribution in [0.3, 0.4) is 0 Å². The van der Waals surface area contributed by atoms with Crippen molar-refractivity contribution in [1.82, 2.24) is 10.0 Å². The van der Waals surface area contributed by atoms with Gasteiger partial charge in [-0.1, -0.05) is 0 Å². The topological polar surface area (TPSA) is 238 Å². The fourth-order valence-electron chi connectivity index (χ4n) is 2.09. The third kappa shape index (κ3) is 2.83. The second-order valence-electron chi connectivity index (χ2n) is 4.80. The third-order valence-corrected chi connectivity index (χ3v) is 3.33. The summed E-state index contributed by atoms with van der Waals surface area (Å²) >= 11 is 0. The summed E-state index contributed by atoms with van der Waals surface area (Å²) in [6.07, 6.45) is 0. The Labute approximate surface area is 129 Å². The molecule has 0 spiro atoms. The van der Waals surface area contributed by atoms with Gasteiger partial charge in [0.15, 0.2) is 26.2 Å². The molecule has 132 valence electrons. The molecule has 1 rings (SSSR count). The molecule has 24 heavy (non-hydrogen) atoms. The van der Waals surface area contributed by atoms with Crippen LogP contribution >= 0.6 is 0 Å². The van der Waals surface area contributed by atoms with Crippen LogP contribution in [-0.2, 0) is 0 Å². The van der Waals surface area contributed by atoms with Crippen LogP contribution in [0, 0.1) is 50.3 Å². The first-order valence-corrected chi connectivity index (χ1v) is 5.80. The normalized spacial score (nSPS) is 19.5. The minimum absolute atomic E-state index is 0.0562. The smallest absolute Gasteiger partial charge is 0.258 e. The molecule has 0 aromatic carbocycles. The van der Waals surface area contributed by atoms with E-state index in [2.05, 4.69) is 10.6 Å². The lowest BCUT2D eigenvalue weighted by Gasteiger charge is -2.30. The lowest BCUT2D eigenvalue weighted by molar-refractivity contribution is -0.810. The summed E-state index contributed by atoms with van der Waals surface area (Å²) in [7, 11) is 0. The maximum absolute atomic E-state index is 11.1. The Morgan fingerprint density at radius 2 is 0.833 bits per heavy atom. The van der Waals surface area contributed by atoms with Gasteiger partial charge in [-0.2, -0.15) is 0 Å². The molecule has 0 aromatic rings. The molecule has 0 radical (unpaired) electrons. The molecule has 0 aliphatic carbocycles. The van der Waals surface area contributed by atoms with Crippen LogP contribution in [0.15, 0.2) is 10.6 Å². The number of nitroso groups, excluding NO2 is 2. The maximum Gasteiger partial charge on any atom is 0.495 e. The van der Waals surface area contributed by atoms with Crippen molar-refractivity contribution in [2.45, 2.75) is 11.3 Å². The highest BCUT2D eigenvalue weighted by molar-refractivity contribution is 4.85. The van der Waals surface area contributed by atoms with Gasteiger partial charge in [0.2, 0.25) is 0 Å². The molecule has 0 bridgehead atoms. The summed E-state index contributed by atoms with van der Waals surface area (Å²) in [5.41, 5.74) is -6.39. The van der Waals surface area contributed by atoms with E-state index in [-0.39, 0.29) is 10.0 Å². The van der Waals surface area contributed by atoms with Gasteiger partial charge in [0.05, 0.1) is 10.6 Å². The van der Waals surface area contributed by atoms with Gasteiger partial charge in [-0.05, 0) is 0 Å². The lowest BCUT2D eigenvalue weighted by Crippen LogP contribution is -2.68.